The van der Waals surface area contributed by atoms with Gasteiger partial charge in [0, 0.05) is 0 Å². The lowest BCUT2D eigenvalue weighted by Gasteiger charge is -2.10. The number of hydrogen-bond acceptors (Lipinski definition) is 2. The maximum absolute atomic E-state index is 12.5. The number of cyclic esters (lactones) is 1. The molecule has 0 unspecified atom stereocenters. The van der Waals surface area contributed by atoms with Gasteiger partial charge in [0.05, 0.1) is 11.6 Å². The molecule has 0 aromatic heterocycles. The van der Waals surface area contributed by atoms with Gasteiger partial charge in [0.25, 0.3) is 0 Å². The molecule has 2 aromatic carbocycles. The van der Waals surface area contributed by atoms with Crippen LogP contribution in [0.5, 0.6) is 0 Å². The topological polar surface area (TPSA) is 38.3 Å². The molecule has 1 amide bonds. The summed E-state index contributed by atoms with van der Waals surface area (Å²) in [6, 6.07) is 12.1. The van der Waals surface area contributed by atoms with Crippen LogP contribution in [-0.2, 0) is 10.9 Å². The number of rotatable bonds is 2. The molecule has 1 saturated heterocycles. The van der Waals surface area contributed by atoms with Crippen LogP contribution in [0.2, 0.25) is 0 Å². The predicted molar refractivity (Wildman–Crippen MR) is 81.4 cm³/mol. The molecule has 2 aromatic rings. The van der Waals surface area contributed by atoms with Gasteiger partial charge < -0.3 is 10.1 Å². The zero-order chi connectivity index (χ0) is 15.7. The van der Waals surface area contributed by atoms with Crippen LogP contribution in [-0.4, -0.2) is 12.7 Å². The van der Waals surface area contributed by atoms with Gasteiger partial charge in [-0.3, -0.25) is 0 Å². The number of carbonyl (C=O) groups excluding carboxylic acids is 1. The molecule has 1 aliphatic heterocycles. The molecule has 1 atom stereocenters. The molecule has 3 rings (SSSR count). The number of nitrogens with one attached hydrogen (secondary N) is 1. The van der Waals surface area contributed by atoms with Gasteiger partial charge in [-0.15, -0.1) is 12.4 Å². The van der Waals surface area contributed by atoms with E-state index in [9.17, 15) is 18.0 Å². The molecule has 0 bridgehead atoms. The van der Waals surface area contributed by atoms with Gasteiger partial charge in [0.2, 0.25) is 0 Å². The summed E-state index contributed by atoms with van der Waals surface area (Å²) in [4.78, 5) is 11.0. The maximum Gasteiger partial charge on any atom is 0.416 e. The third-order valence-corrected chi connectivity index (χ3v) is 3.53. The monoisotopic (exact) mass is 343 g/mol. The Morgan fingerprint density at radius 2 is 1.48 bits per heavy atom. The average molecular weight is 344 g/mol. The van der Waals surface area contributed by atoms with Crippen molar-refractivity contribution in [1.29, 1.82) is 0 Å². The Labute approximate surface area is 136 Å². The minimum absolute atomic E-state index is 0. The Morgan fingerprint density at radius 1 is 0.957 bits per heavy atom. The summed E-state index contributed by atoms with van der Waals surface area (Å²) in [7, 11) is 0. The zero-order valence-electron chi connectivity index (χ0n) is 11.8. The number of amides is 1. The van der Waals surface area contributed by atoms with E-state index in [0.717, 1.165) is 23.3 Å². The van der Waals surface area contributed by atoms with Crippen molar-refractivity contribution >= 4 is 18.5 Å². The first-order chi connectivity index (χ1) is 10.4. The summed E-state index contributed by atoms with van der Waals surface area (Å²) in [5.74, 6) is 0. The van der Waals surface area contributed by atoms with Gasteiger partial charge in [0.1, 0.15) is 6.61 Å². The summed E-state index contributed by atoms with van der Waals surface area (Å²) in [6.45, 7) is 0.276. The van der Waals surface area contributed by atoms with Crippen molar-refractivity contribution < 1.29 is 22.7 Å². The molecule has 1 heterocycles. The predicted octanol–water partition coefficient (Wildman–Crippen LogP) is 4.58. The van der Waals surface area contributed by atoms with Crippen LogP contribution in [0.15, 0.2) is 48.5 Å². The quantitative estimate of drug-likeness (QED) is 0.867. The largest absolute Gasteiger partial charge is 0.447 e. The molecular formula is C16H13ClF3NO2. The molecule has 1 fully saturated rings. The highest BCUT2D eigenvalue weighted by Crippen LogP contribution is 2.31. The third-order valence-electron chi connectivity index (χ3n) is 3.53. The van der Waals surface area contributed by atoms with E-state index in [1.165, 1.54) is 12.1 Å². The van der Waals surface area contributed by atoms with Crippen LogP contribution in [0.1, 0.15) is 17.2 Å². The van der Waals surface area contributed by atoms with Gasteiger partial charge in [0.15, 0.2) is 0 Å². The van der Waals surface area contributed by atoms with Crippen LogP contribution in [0, 0.1) is 0 Å². The summed E-state index contributed by atoms with van der Waals surface area (Å²) in [5, 5.41) is 2.67. The summed E-state index contributed by atoms with van der Waals surface area (Å²) >= 11 is 0. The van der Waals surface area contributed by atoms with Gasteiger partial charge in [-0.25, -0.2) is 4.79 Å². The van der Waals surface area contributed by atoms with Gasteiger partial charge in [-0.05, 0) is 28.8 Å². The molecule has 1 N–H and O–H groups in total. The minimum Gasteiger partial charge on any atom is -0.447 e. The second-order valence-corrected chi connectivity index (χ2v) is 4.99. The Morgan fingerprint density at radius 3 is 1.91 bits per heavy atom. The first-order valence-electron chi connectivity index (χ1n) is 6.64. The number of hydrogen-bond donors (Lipinski definition) is 1. The highest BCUT2D eigenvalue weighted by Gasteiger charge is 2.30. The van der Waals surface area contributed by atoms with Crippen molar-refractivity contribution in [3.05, 3.63) is 59.7 Å². The Bertz CT molecular complexity index is 684. The standard InChI is InChI=1S/C16H12F3NO2.ClH/c17-16(18,19)13-7-5-11(6-8-13)10-1-3-12(4-2-10)14-9-22-15(21)20-14;/h1-8,14H,9H2,(H,20,21);1H/t14-;/m1./s1. The molecule has 3 nitrogen and oxygen atoms in total. The highest BCUT2D eigenvalue weighted by atomic mass is 35.5. The highest BCUT2D eigenvalue weighted by molar-refractivity contribution is 5.85. The molecule has 122 valence electrons. The first-order valence-corrected chi connectivity index (χ1v) is 6.64. The molecule has 7 heteroatoms. The second-order valence-electron chi connectivity index (χ2n) is 4.99. The smallest absolute Gasteiger partial charge is 0.416 e. The average Bonchev–Trinajstić information content (AvgIpc) is 2.93. The van der Waals surface area contributed by atoms with Crippen molar-refractivity contribution in [3.63, 3.8) is 0 Å². The fourth-order valence-electron chi connectivity index (χ4n) is 2.32. The van der Waals surface area contributed by atoms with E-state index in [4.69, 9.17) is 4.74 Å². The molecule has 23 heavy (non-hydrogen) atoms. The Balaban J connectivity index is 0.00000192. The van der Waals surface area contributed by atoms with Crippen molar-refractivity contribution in [2.75, 3.05) is 6.61 Å². The SMILES string of the molecule is Cl.O=C1N[C@@H](c2ccc(-c3ccc(C(F)(F)F)cc3)cc2)CO1. The van der Waals surface area contributed by atoms with Crippen molar-refractivity contribution in [2.24, 2.45) is 0 Å². The number of alkyl halides is 3. The summed E-state index contributed by atoms with van der Waals surface area (Å²) < 4.78 is 42.4. The Kier molecular flexibility index (Phi) is 4.85. The molecule has 0 saturated carbocycles. The molecule has 1 aliphatic rings. The van der Waals surface area contributed by atoms with E-state index < -0.39 is 17.8 Å². The fourth-order valence-corrected chi connectivity index (χ4v) is 2.32. The fraction of sp³-hybridized carbons (Fsp3) is 0.188. The lowest BCUT2D eigenvalue weighted by molar-refractivity contribution is -0.137. The van der Waals surface area contributed by atoms with E-state index in [0.29, 0.717) is 5.56 Å². The maximum atomic E-state index is 12.5. The van der Waals surface area contributed by atoms with Crippen LogP contribution in [0.4, 0.5) is 18.0 Å². The lowest BCUT2D eigenvalue weighted by atomic mass is 10.0. The number of carbonyl (C=O) groups is 1. The zero-order valence-corrected chi connectivity index (χ0v) is 12.6. The normalized spacial score (nSPS) is 17.2. The second kappa shape index (κ2) is 6.50. The lowest BCUT2D eigenvalue weighted by Crippen LogP contribution is -2.18. The van der Waals surface area contributed by atoms with E-state index >= 15 is 0 Å². The van der Waals surface area contributed by atoms with E-state index in [-0.39, 0.29) is 25.1 Å². The van der Waals surface area contributed by atoms with Crippen molar-refractivity contribution in [1.82, 2.24) is 5.32 Å². The summed E-state index contributed by atoms with van der Waals surface area (Å²) in [6.07, 6.45) is -4.78. The van der Waals surface area contributed by atoms with Crippen LogP contribution < -0.4 is 5.32 Å². The van der Waals surface area contributed by atoms with Crippen molar-refractivity contribution in [2.45, 2.75) is 12.2 Å². The number of halogens is 4. The van der Waals surface area contributed by atoms with Crippen molar-refractivity contribution in [3.8, 4) is 11.1 Å². The van der Waals surface area contributed by atoms with Crippen LogP contribution in [0.25, 0.3) is 11.1 Å². The summed E-state index contributed by atoms with van der Waals surface area (Å²) in [5.41, 5.74) is 1.73. The number of benzene rings is 2. The molecule has 0 aliphatic carbocycles. The molecule has 0 radical (unpaired) electrons. The number of ether oxygens (including phenoxy) is 1. The van der Waals surface area contributed by atoms with E-state index in [1.54, 1.807) is 0 Å². The Hall–Kier alpha value is -2.21. The first kappa shape index (κ1) is 17.1. The van der Waals surface area contributed by atoms with Gasteiger partial charge in [-0.1, -0.05) is 36.4 Å². The van der Waals surface area contributed by atoms with Gasteiger partial charge in [-0.2, -0.15) is 13.2 Å². The third kappa shape index (κ3) is 3.76. The number of alkyl carbamates (subject to hydrolysis) is 1. The van der Waals surface area contributed by atoms with Crippen LogP contribution >= 0.6 is 12.4 Å². The minimum atomic E-state index is -4.33. The molecule has 0 spiro atoms. The molecular weight excluding hydrogens is 331 g/mol. The van der Waals surface area contributed by atoms with E-state index in [2.05, 4.69) is 5.32 Å². The van der Waals surface area contributed by atoms with E-state index in [1.807, 2.05) is 24.3 Å². The van der Waals surface area contributed by atoms with Crippen LogP contribution in [0.3, 0.4) is 0 Å². The van der Waals surface area contributed by atoms with Gasteiger partial charge >= 0.3 is 12.3 Å².